The van der Waals surface area contributed by atoms with Gasteiger partial charge in [-0.2, -0.15) is 5.26 Å². The predicted octanol–water partition coefficient (Wildman–Crippen LogP) is 0.416. The zero-order chi connectivity index (χ0) is 12.1. The van der Waals surface area contributed by atoms with Crippen molar-refractivity contribution in [1.29, 1.82) is 5.26 Å². The quantitative estimate of drug-likeness (QED) is 0.701. The van der Waals surface area contributed by atoms with Crippen molar-refractivity contribution >= 4 is 11.8 Å². The molecule has 5 nitrogen and oxygen atoms in total. The highest BCUT2D eigenvalue weighted by atomic mass is 16.2. The number of hydrogen-bond acceptors (Lipinski definition) is 4. The summed E-state index contributed by atoms with van der Waals surface area (Å²) in [5, 5.41) is 11.1. The Balaban J connectivity index is 2.84. The molecule has 1 rings (SSSR count). The van der Waals surface area contributed by atoms with Gasteiger partial charge in [-0.05, 0) is 12.8 Å². The second-order valence-corrected chi connectivity index (χ2v) is 3.93. The van der Waals surface area contributed by atoms with Gasteiger partial charge in [-0.1, -0.05) is 13.8 Å². The topological polar surface area (TPSA) is 73.2 Å². The molecule has 2 atom stereocenters. The molecular weight excluding hydrogens is 206 g/mol. The van der Waals surface area contributed by atoms with Crippen LogP contribution in [0.1, 0.15) is 33.1 Å². The van der Waals surface area contributed by atoms with Crippen molar-refractivity contribution in [3.05, 3.63) is 0 Å². The van der Waals surface area contributed by atoms with E-state index in [1.54, 1.807) is 0 Å². The van der Waals surface area contributed by atoms with Crippen LogP contribution in [-0.2, 0) is 9.59 Å². The van der Waals surface area contributed by atoms with Crippen molar-refractivity contribution in [3.63, 3.8) is 0 Å². The van der Waals surface area contributed by atoms with Crippen molar-refractivity contribution in [2.24, 2.45) is 0 Å². The standard InChI is InChI=1S/C11H17N3O2/c1-3-8(5-6-12)14-7-10(15)13-11(16)9(14)4-2/h8-9H,3-5,7H2,1-2H3,(H,13,15,16). The molecule has 0 saturated carbocycles. The van der Waals surface area contributed by atoms with E-state index in [4.69, 9.17) is 5.26 Å². The fourth-order valence-electron chi connectivity index (χ4n) is 2.09. The highest BCUT2D eigenvalue weighted by molar-refractivity contribution is 6.01. The molecular formula is C11H17N3O2. The van der Waals surface area contributed by atoms with Gasteiger partial charge in [0.2, 0.25) is 11.8 Å². The van der Waals surface area contributed by atoms with Crippen LogP contribution in [0.25, 0.3) is 0 Å². The van der Waals surface area contributed by atoms with Crippen LogP contribution in [0.5, 0.6) is 0 Å². The Labute approximate surface area is 95.4 Å². The molecule has 1 fully saturated rings. The van der Waals surface area contributed by atoms with E-state index in [9.17, 15) is 9.59 Å². The molecule has 2 amide bonds. The third kappa shape index (κ3) is 2.58. The van der Waals surface area contributed by atoms with Crippen molar-refractivity contribution in [2.75, 3.05) is 6.54 Å². The van der Waals surface area contributed by atoms with Gasteiger partial charge >= 0.3 is 0 Å². The number of imide groups is 1. The van der Waals surface area contributed by atoms with Gasteiger partial charge in [0.25, 0.3) is 0 Å². The Hall–Kier alpha value is -1.41. The SMILES string of the molecule is CCC(CC#N)N1CC(=O)NC(=O)C1CC. The first-order valence-electron chi connectivity index (χ1n) is 5.60. The van der Waals surface area contributed by atoms with E-state index in [0.717, 1.165) is 6.42 Å². The molecule has 1 aliphatic heterocycles. The zero-order valence-electron chi connectivity index (χ0n) is 9.69. The largest absolute Gasteiger partial charge is 0.294 e. The molecule has 0 bridgehead atoms. The number of nitriles is 1. The third-order valence-electron chi connectivity index (χ3n) is 2.95. The van der Waals surface area contributed by atoms with E-state index >= 15 is 0 Å². The number of amides is 2. The zero-order valence-corrected chi connectivity index (χ0v) is 9.69. The number of nitrogens with zero attached hydrogens (tertiary/aromatic N) is 2. The lowest BCUT2D eigenvalue weighted by atomic mass is 10.0. The van der Waals surface area contributed by atoms with Gasteiger partial charge in [0, 0.05) is 6.04 Å². The van der Waals surface area contributed by atoms with Gasteiger partial charge in [-0.15, -0.1) is 0 Å². The summed E-state index contributed by atoms with van der Waals surface area (Å²) in [5.74, 6) is -0.513. The van der Waals surface area contributed by atoms with Gasteiger partial charge in [-0.3, -0.25) is 19.8 Å². The Bertz CT molecular complexity index is 322. The molecule has 0 aliphatic carbocycles. The second-order valence-electron chi connectivity index (χ2n) is 3.93. The number of piperazine rings is 1. The number of carbonyl (C=O) groups is 2. The van der Waals surface area contributed by atoms with Crippen molar-refractivity contribution < 1.29 is 9.59 Å². The summed E-state index contributed by atoms with van der Waals surface area (Å²) in [7, 11) is 0. The van der Waals surface area contributed by atoms with Crippen LogP contribution < -0.4 is 5.32 Å². The maximum atomic E-state index is 11.6. The van der Waals surface area contributed by atoms with Crippen LogP contribution in [0.2, 0.25) is 0 Å². The lowest BCUT2D eigenvalue weighted by Crippen LogP contribution is -2.60. The third-order valence-corrected chi connectivity index (χ3v) is 2.95. The van der Waals surface area contributed by atoms with Gasteiger partial charge in [0.1, 0.15) is 0 Å². The first-order chi connectivity index (χ1) is 7.63. The highest BCUT2D eigenvalue weighted by Gasteiger charge is 2.35. The Morgan fingerprint density at radius 3 is 2.75 bits per heavy atom. The van der Waals surface area contributed by atoms with Crippen LogP contribution in [0.3, 0.4) is 0 Å². The molecule has 1 saturated heterocycles. The minimum atomic E-state index is -0.281. The first-order valence-corrected chi connectivity index (χ1v) is 5.60. The summed E-state index contributed by atoms with van der Waals surface area (Å²) in [4.78, 5) is 24.8. The number of rotatable bonds is 4. The number of carbonyl (C=O) groups excluding carboxylic acids is 2. The fourth-order valence-corrected chi connectivity index (χ4v) is 2.09. The lowest BCUT2D eigenvalue weighted by molar-refractivity contribution is -0.141. The molecule has 88 valence electrons. The van der Waals surface area contributed by atoms with E-state index in [1.807, 2.05) is 18.7 Å². The van der Waals surface area contributed by atoms with Crippen LogP contribution >= 0.6 is 0 Å². The molecule has 2 unspecified atom stereocenters. The van der Waals surface area contributed by atoms with Crippen LogP contribution in [-0.4, -0.2) is 35.3 Å². The second kappa shape index (κ2) is 5.61. The predicted molar refractivity (Wildman–Crippen MR) is 58.2 cm³/mol. The van der Waals surface area contributed by atoms with Gasteiger partial charge in [-0.25, -0.2) is 0 Å². The molecule has 16 heavy (non-hydrogen) atoms. The molecule has 1 N–H and O–H groups in total. The molecule has 0 aromatic heterocycles. The molecule has 0 spiro atoms. The Kier molecular flexibility index (Phi) is 4.44. The maximum Gasteiger partial charge on any atom is 0.243 e. The van der Waals surface area contributed by atoms with E-state index in [1.165, 1.54) is 0 Å². The van der Waals surface area contributed by atoms with E-state index < -0.39 is 0 Å². The van der Waals surface area contributed by atoms with E-state index in [0.29, 0.717) is 12.8 Å². The van der Waals surface area contributed by atoms with Crippen molar-refractivity contribution in [2.45, 2.75) is 45.2 Å². The molecule has 0 aromatic carbocycles. The Morgan fingerprint density at radius 1 is 1.56 bits per heavy atom. The van der Waals surface area contributed by atoms with Crippen LogP contribution in [0, 0.1) is 11.3 Å². The summed E-state index contributed by atoms with van der Waals surface area (Å²) in [6.07, 6.45) is 1.78. The Morgan fingerprint density at radius 2 is 2.25 bits per heavy atom. The minimum absolute atomic E-state index is 0.00931. The summed E-state index contributed by atoms with van der Waals surface area (Å²) in [6.45, 7) is 4.09. The van der Waals surface area contributed by atoms with Crippen LogP contribution in [0.4, 0.5) is 0 Å². The average Bonchev–Trinajstić information content (AvgIpc) is 2.25. The first kappa shape index (κ1) is 12.7. The van der Waals surface area contributed by atoms with E-state index in [-0.39, 0.29) is 30.4 Å². The molecule has 0 radical (unpaired) electrons. The monoisotopic (exact) mass is 223 g/mol. The van der Waals surface area contributed by atoms with Gasteiger partial charge in [0.15, 0.2) is 0 Å². The summed E-state index contributed by atoms with van der Waals surface area (Å²) in [6, 6.07) is 1.81. The summed E-state index contributed by atoms with van der Waals surface area (Å²) >= 11 is 0. The van der Waals surface area contributed by atoms with Crippen molar-refractivity contribution in [3.8, 4) is 6.07 Å². The number of nitrogens with one attached hydrogen (secondary N) is 1. The average molecular weight is 223 g/mol. The maximum absolute atomic E-state index is 11.6. The highest BCUT2D eigenvalue weighted by Crippen LogP contribution is 2.17. The smallest absolute Gasteiger partial charge is 0.243 e. The minimum Gasteiger partial charge on any atom is -0.294 e. The van der Waals surface area contributed by atoms with Gasteiger partial charge < -0.3 is 0 Å². The lowest BCUT2D eigenvalue weighted by Gasteiger charge is -2.38. The van der Waals surface area contributed by atoms with Crippen molar-refractivity contribution in [1.82, 2.24) is 10.2 Å². The normalized spacial score (nSPS) is 23.7. The van der Waals surface area contributed by atoms with E-state index in [2.05, 4.69) is 11.4 Å². The summed E-state index contributed by atoms with van der Waals surface area (Å²) < 4.78 is 0. The van der Waals surface area contributed by atoms with Crippen LogP contribution in [0.15, 0.2) is 0 Å². The fraction of sp³-hybridized carbons (Fsp3) is 0.727. The number of hydrogen-bond donors (Lipinski definition) is 1. The molecule has 5 heteroatoms. The molecule has 0 aromatic rings. The molecule has 1 heterocycles. The summed E-state index contributed by atoms with van der Waals surface area (Å²) in [5.41, 5.74) is 0. The van der Waals surface area contributed by atoms with Gasteiger partial charge in [0.05, 0.1) is 25.1 Å². The molecule has 1 aliphatic rings.